The summed E-state index contributed by atoms with van der Waals surface area (Å²) in [6.07, 6.45) is -1.19. The maximum absolute atomic E-state index is 9.86. The summed E-state index contributed by atoms with van der Waals surface area (Å²) in [4.78, 5) is 19.5. The van der Waals surface area contributed by atoms with E-state index in [1.54, 1.807) is 0 Å². The zero-order chi connectivity index (χ0) is 12.6. The average molecular weight is 222 g/mol. The van der Waals surface area contributed by atoms with Crippen LogP contribution in [-0.2, 0) is 9.59 Å². The maximum Gasteiger partial charge on any atom is 0.323 e. The summed E-state index contributed by atoms with van der Waals surface area (Å²) in [5.41, 5.74) is 9.91. The zero-order valence-corrected chi connectivity index (χ0v) is 8.70. The Morgan fingerprint density at radius 2 is 1.60 bits per heavy atom. The number of aliphatic carboxylic acids is 1. The van der Waals surface area contributed by atoms with Crippen LogP contribution >= 0.6 is 0 Å². The maximum atomic E-state index is 9.86. The Morgan fingerprint density at radius 1 is 1.20 bits per heavy atom. The molecule has 0 saturated heterocycles. The van der Waals surface area contributed by atoms with Crippen LogP contribution in [0.1, 0.15) is 13.8 Å². The molecule has 0 aromatic rings. The first-order valence-corrected chi connectivity index (χ1v) is 4.29. The van der Waals surface area contributed by atoms with E-state index in [0.29, 0.717) is 6.29 Å². The summed E-state index contributed by atoms with van der Waals surface area (Å²) >= 11 is 0. The van der Waals surface area contributed by atoms with E-state index in [9.17, 15) is 9.59 Å². The summed E-state index contributed by atoms with van der Waals surface area (Å²) in [5, 5.41) is 25.0. The minimum absolute atomic E-state index is 0.519. The van der Waals surface area contributed by atoms with Crippen molar-refractivity contribution in [1.82, 2.24) is 0 Å². The van der Waals surface area contributed by atoms with E-state index in [4.69, 9.17) is 26.8 Å². The minimum Gasteiger partial charge on any atom is -0.480 e. The zero-order valence-electron chi connectivity index (χ0n) is 8.70. The fourth-order valence-corrected chi connectivity index (χ4v) is 0.320. The molecular formula is C8H18N2O5. The number of nitrogens with two attached hydrogens (primary N) is 2. The molecule has 7 heteroatoms. The van der Waals surface area contributed by atoms with Crippen molar-refractivity contribution in [1.29, 1.82) is 0 Å². The molecule has 0 aromatic heterocycles. The fraction of sp³-hybridized carbons (Fsp3) is 0.750. The molecule has 0 aromatic carbocycles. The third kappa shape index (κ3) is 9.29. The van der Waals surface area contributed by atoms with Crippen LogP contribution < -0.4 is 11.5 Å². The molecular weight excluding hydrogens is 204 g/mol. The van der Waals surface area contributed by atoms with Crippen molar-refractivity contribution in [2.24, 2.45) is 11.5 Å². The van der Waals surface area contributed by atoms with Crippen LogP contribution in [0.3, 0.4) is 0 Å². The van der Waals surface area contributed by atoms with Gasteiger partial charge in [-0.25, -0.2) is 0 Å². The Kier molecular flexibility index (Phi) is 9.08. The van der Waals surface area contributed by atoms with Crippen LogP contribution in [0.5, 0.6) is 0 Å². The number of aliphatic hydroxyl groups is 2. The van der Waals surface area contributed by atoms with Gasteiger partial charge in [-0.1, -0.05) is 0 Å². The van der Waals surface area contributed by atoms with Gasteiger partial charge in [0.15, 0.2) is 0 Å². The lowest BCUT2D eigenvalue weighted by Crippen LogP contribution is -2.39. The Morgan fingerprint density at radius 3 is 1.60 bits per heavy atom. The van der Waals surface area contributed by atoms with Crippen molar-refractivity contribution in [2.45, 2.75) is 38.1 Å². The number of carboxylic acids is 1. The monoisotopic (exact) mass is 222 g/mol. The minimum atomic E-state index is -1.18. The molecule has 7 N–H and O–H groups in total. The molecule has 0 unspecified atom stereocenters. The topological polar surface area (TPSA) is 147 Å². The van der Waals surface area contributed by atoms with E-state index in [-0.39, 0.29) is 0 Å². The summed E-state index contributed by atoms with van der Waals surface area (Å²) in [5.74, 6) is -1.18. The highest BCUT2D eigenvalue weighted by Crippen LogP contribution is 1.85. The summed E-state index contributed by atoms with van der Waals surface area (Å²) in [6, 6.07) is -1.88. The number of rotatable bonds is 4. The van der Waals surface area contributed by atoms with Crippen LogP contribution in [0.2, 0.25) is 0 Å². The quantitative estimate of drug-likeness (QED) is 0.335. The van der Waals surface area contributed by atoms with E-state index in [1.165, 1.54) is 13.8 Å². The molecule has 0 bridgehead atoms. The van der Waals surface area contributed by atoms with Gasteiger partial charge in [0.05, 0.1) is 18.2 Å². The number of hydrogen-bond donors (Lipinski definition) is 5. The Hall–Kier alpha value is -1.02. The number of carboxylic acid groups (broad SMARTS) is 1. The standard InChI is InChI=1S/C4H9NO3.C4H9NO2/c1-2(6)3(5)4(7)8;1-3(7)4(5)2-6/h2-3,6H,5H2,1H3,(H,7,8);2-4,7H,5H2,1H3/t2-,3+;3-,4-/m11/s1. The highest BCUT2D eigenvalue weighted by molar-refractivity contribution is 5.73. The van der Waals surface area contributed by atoms with Crippen LogP contribution in [0.4, 0.5) is 0 Å². The van der Waals surface area contributed by atoms with Crippen molar-refractivity contribution < 1.29 is 24.9 Å². The van der Waals surface area contributed by atoms with E-state index >= 15 is 0 Å². The summed E-state index contributed by atoms with van der Waals surface area (Å²) < 4.78 is 0. The number of aliphatic hydroxyl groups excluding tert-OH is 2. The van der Waals surface area contributed by atoms with Crippen molar-refractivity contribution in [3.63, 3.8) is 0 Å². The number of carbonyl (C=O) groups is 2. The molecule has 0 rings (SSSR count). The van der Waals surface area contributed by atoms with E-state index < -0.39 is 30.3 Å². The molecule has 0 heterocycles. The van der Waals surface area contributed by atoms with Gasteiger partial charge in [0, 0.05) is 0 Å². The molecule has 4 atom stereocenters. The average Bonchev–Trinajstić information content (AvgIpc) is 2.15. The molecule has 0 fully saturated rings. The molecule has 7 nitrogen and oxygen atoms in total. The highest BCUT2D eigenvalue weighted by atomic mass is 16.4. The second kappa shape index (κ2) is 8.30. The Balaban J connectivity index is 0. The SMILES string of the molecule is C[C@@H](O)[C@H](N)C(=O)O.C[C@@H](O)[C@H](N)C=O. The lowest BCUT2D eigenvalue weighted by Gasteiger charge is -2.06. The van der Waals surface area contributed by atoms with Crippen LogP contribution in [-0.4, -0.2) is 51.9 Å². The smallest absolute Gasteiger partial charge is 0.323 e. The van der Waals surface area contributed by atoms with Crippen LogP contribution in [0.25, 0.3) is 0 Å². The van der Waals surface area contributed by atoms with Gasteiger partial charge < -0.3 is 31.6 Å². The molecule has 0 radical (unpaired) electrons. The second-order valence-corrected chi connectivity index (χ2v) is 3.06. The van der Waals surface area contributed by atoms with Gasteiger partial charge in [-0.3, -0.25) is 4.79 Å². The van der Waals surface area contributed by atoms with Crippen LogP contribution in [0, 0.1) is 0 Å². The third-order valence-electron chi connectivity index (χ3n) is 1.52. The first-order chi connectivity index (χ1) is 6.73. The molecule has 15 heavy (non-hydrogen) atoms. The van der Waals surface area contributed by atoms with E-state index in [2.05, 4.69) is 0 Å². The first kappa shape index (κ1) is 16.4. The lowest BCUT2D eigenvalue weighted by molar-refractivity contribution is -0.140. The predicted octanol–water partition coefficient (Wildman–Crippen LogP) is -2.33. The normalized spacial score (nSPS) is 17.7. The molecule has 0 aliphatic carbocycles. The van der Waals surface area contributed by atoms with Crippen molar-refractivity contribution in [2.75, 3.05) is 0 Å². The third-order valence-corrected chi connectivity index (χ3v) is 1.52. The largest absolute Gasteiger partial charge is 0.480 e. The number of carbonyl (C=O) groups excluding carboxylic acids is 1. The fourth-order valence-electron chi connectivity index (χ4n) is 0.320. The van der Waals surface area contributed by atoms with Gasteiger partial charge in [-0.15, -0.1) is 0 Å². The molecule has 0 aliphatic rings. The summed E-state index contributed by atoms with van der Waals surface area (Å²) in [6.45, 7) is 2.80. The van der Waals surface area contributed by atoms with Gasteiger partial charge in [0.2, 0.25) is 0 Å². The first-order valence-electron chi connectivity index (χ1n) is 4.29. The van der Waals surface area contributed by atoms with Gasteiger partial charge in [-0.2, -0.15) is 0 Å². The van der Waals surface area contributed by atoms with Gasteiger partial charge >= 0.3 is 5.97 Å². The molecule has 0 aliphatic heterocycles. The molecule has 0 amide bonds. The van der Waals surface area contributed by atoms with E-state index in [0.717, 1.165) is 0 Å². The van der Waals surface area contributed by atoms with E-state index in [1.807, 2.05) is 0 Å². The molecule has 90 valence electrons. The van der Waals surface area contributed by atoms with Gasteiger partial charge in [0.25, 0.3) is 0 Å². The summed E-state index contributed by atoms with van der Waals surface area (Å²) in [7, 11) is 0. The van der Waals surface area contributed by atoms with Crippen LogP contribution in [0.15, 0.2) is 0 Å². The van der Waals surface area contributed by atoms with Crippen molar-refractivity contribution >= 4 is 12.3 Å². The van der Waals surface area contributed by atoms with Crippen molar-refractivity contribution in [3.05, 3.63) is 0 Å². The molecule has 0 saturated carbocycles. The number of hydrogen-bond acceptors (Lipinski definition) is 6. The Bertz CT molecular complexity index is 195. The lowest BCUT2D eigenvalue weighted by atomic mass is 10.2. The molecule has 0 spiro atoms. The second-order valence-electron chi connectivity index (χ2n) is 3.06. The highest BCUT2D eigenvalue weighted by Gasteiger charge is 2.16. The van der Waals surface area contributed by atoms with Gasteiger partial charge in [-0.05, 0) is 13.8 Å². The van der Waals surface area contributed by atoms with Gasteiger partial charge in [0.1, 0.15) is 12.3 Å². The number of aldehydes is 1. The Labute approximate surface area is 87.7 Å². The van der Waals surface area contributed by atoms with Crippen molar-refractivity contribution in [3.8, 4) is 0 Å². The predicted molar refractivity (Wildman–Crippen MR) is 53.0 cm³/mol.